The summed E-state index contributed by atoms with van der Waals surface area (Å²) in [4.78, 5) is 2.09. The van der Waals surface area contributed by atoms with Gasteiger partial charge in [0.15, 0.2) is 0 Å². The maximum absolute atomic E-state index is 9.44. The smallest absolute Gasteiger partial charge is 0.0819 e. The molecule has 1 fully saturated rings. The second kappa shape index (κ2) is 3.32. The first-order valence-corrected chi connectivity index (χ1v) is 3.77. The summed E-state index contributed by atoms with van der Waals surface area (Å²) >= 11 is 0. The van der Waals surface area contributed by atoms with E-state index in [1.54, 1.807) is 0 Å². The summed E-state index contributed by atoms with van der Waals surface area (Å²) in [6, 6.07) is 0.348. The van der Waals surface area contributed by atoms with Gasteiger partial charge in [0.2, 0.25) is 0 Å². The standard InChI is InChI=1S/C7H16N2O/c1-9(2)6-3-4-8-5-7(6)10/h6-8,10H,3-5H2,1-2H3/t6-,7-/m0/s1. The van der Waals surface area contributed by atoms with Crippen LogP contribution in [0.25, 0.3) is 0 Å². The Morgan fingerprint density at radius 2 is 2.20 bits per heavy atom. The Labute approximate surface area is 62.0 Å². The van der Waals surface area contributed by atoms with E-state index < -0.39 is 0 Å². The van der Waals surface area contributed by atoms with Crippen molar-refractivity contribution in [3.63, 3.8) is 0 Å². The van der Waals surface area contributed by atoms with Crippen molar-refractivity contribution in [2.45, 2.75) is 18.6 Å². The Balaban J connectivity index is 2.40. The summed E-state index contributed by atoms with van der Waals surface area (Å²) in [6.07, 6.45) is 0.859. The number of piperidine rings is 1. The maximum atomic E-state index is 9.44. The molecule has 3 heteroatoms. The van der Waals surface area contributed by atoms with E-state index in [9.17, 15) is 5.11 Å². The summed E-state index contributed by atoms with van der Waals surface area (Å²) in [6.45, 7) is 1.77. The molecule has 10 heavy (non-hydrogen) atoms. The van der Waals surface area contributed by atoms with Crippen molar-refractivity contribution < 1.29 is 5.11 Å². The topological polar surface area (TPSA) is 35.5 Å². The van der Waals surface area contributed by atoms with Gasteiger partial charge >= 0.3 is 0 Å². The molecule has 0 bridgehead atoms. The fourth-order valence-corrected chi connectivity index (χ4v) is 1.43. The molecule has 0 saturated carbocycles. The van der Waals surface area contributed by atoms with Gasteiger partial charge in [-0.1, -0.05) is 0 Å². The molecule has 1 heterocycles. The van der Waals surface area contributed by atoms with Crippen molar-refractivity contribution in [2.24, 2.45) is 0 Å². The van der Waals surface area contributed by atoms with Crippen LogP contribution in [0.3, 0.4) is 0 Å². The van der Waals surface area contributed by atoms with E-state index in [0.717, 1.165) is 19.5 Å². The zero-order valence-corrected chi connectivity index (χ0v) is 6.67. The largest absolute Gasteiger partial charge is 0.390 e. The van der Waals surface area contributed by atoms with Gasteiger partial charge in [-0.25, -0.2) is 0 Å². The van der Waals surface area contributed by atoms with Crippen LogP contribution in [0.1, 0.15) is 6.42 Å². The van der Waals surface area contributed by atoms with Gasteiger partial charge in [0.05, 0.1) is 6.10 Å². The predicted octanol–water partition coefficient (Wildman–Crippen LogP) is -0.729. The summed E-state index contributed by atoms with van der Waals surface area (Å²) in [5.41, 5.74) is 0. The second-order valence-electron chi connectivity index (χ2n) is 3.09. The molecule has 2 N–H and O–H groups in total. The Bertz CT molecular complexity index is 106. The molecule has 0 unspecified atom stereocenters. The highest BCUT2D eigenvalue weighted by molar-refractivity contribution is 4.82. The molecule has 0 amide bonds. The highest BCUT2D eigenvalue weighted by Crippen LogP contribution is 2.07. The molecule has 2 atom stereocenters. The molecule has 1 aliphatic heterocycles. The average Bonchev–Trinajstić information content (AvgIpc) is 1.88. The SMILES string of the molecule is CN(C)[C@H]1CCNC[C@@H]1O. The lowest BCUT2D eigenvalue weighted by Gasteiger charge is -2.33. The molecule has 0 aromatic rings. The minimum absolute atomic E-state index is 0.191. The van der Waals surface area contributed by atoms with E-state index in [0.29, 0.717) is 6.04 Å². The summed E-state index contributed by atoms with van der Waals surface area (Å²) < 4.78 is 0. The molecule has 60 valence electrons. The lowest BCUT2D eigenvalue weighted by molar-refractivity contribution is 0.0539. The molecular weight excluding hydrogens is 128 g/mol. The van der Waals surface area contributed by atoms with Crippen LogP contribution in [-0.2, 0) is 0 Å². The van der Waals surface area contributed by atoms with E-state index in [1.165, 1.54) is 0 Å². The van der Waals surface area contributed by atoms with Crippen molar-refractivity contribution >= 4 is 0 Å². The minimum atomic E-state index is -0.191. The number of β-amino-alcohol motifs (C(OH)–C–C–N with tert-alkyl or cyclic N) is 1. The van der Waals surface area contributed by atoms with Crippen LogP contribution in [-0.4, -0.2) is 49.3 Å². The highest BCUT2D eigenvalue weighted by Gasteiger charge is 2.23. The Hall–Kier alpha value is -0.120. The molecule has 1 saturated heterocycles. The number of nitrogens with zero attached hydrogens (tertiary/aromatic N) is 1. The first-order valence-electron chi connectivity index (χ1n) is 3.77. The lowest BCUT2D eigenvalue weighted by atomic mass is 10.0. The predicted molar refractivity (Wildman–Crippen MR) is 41.0 cm³/mol. The fraction of sp³-hybridized carbons (Fsp3) is 1.00. The van der Waals surface area contributed by atoms with Crippen molar-refractivity contribution in [1.29, 1.82) is 0 Å². The Morgan fingerprint density at radius 1 is 1.50 bits per heavy atom. The zero-order valence-electron chi connectivity index (χ0n) is 6.67. The monoisotopic (exact) mass is 144 g/mol. The van der Waals surface area contributed by atoms with Crippen molar-refractivity contribution in [2.75, 3.05) is 27.2 Å². The van der Waals surface area contributed by atoms with Gasteiger partial charge in [-0.05, 0) is 27.1 Å². The van der Waals surface area contributed by atoms with Gasteiger partial charge in [0.1, 0.15) is 0 Å². The first kappa shape index (κ1) is 7.98. The van der Waals surface area contributed by atoms with Crippen molar-refractivity contribution in [3.8, 4) is 0 Å². The second-order valence-corrected chi connectivity index (χ2v) is 3.09. The van der Waals surface area contributed by atoms with Crippen LogP contribution >= 0.6 is 0 Å². The quantitative estimate of drug-likeness (QED) is 0.509. The van der Waals surface area contributed by atoms with Crippen LogP contribution < -0.4 is 5.32 Å². The molecule has 0 spiro atoms. The van der Waals surface area contributed by atoms with Crippen LogP contribution in [0.4, 0.5) is 0 Å². The van der Waals surface area contributed by atoms with Gasteiger partial charge in [-0.2, -0.15) is 0 Å². The minimum Gasteiger partial charge on any atom is -0.390 e. The van der Waals surface area contributed by atoms with Crippen LogP contribution in [0.5, 0.6) is 0 Å². The normalized spacial score (nSPS) is 34.8. The Kier molecular flexibility index (Phi) is 2.65. The number of likely N-dealkylation sites (N-methyl/N-ethyl adjacent to an activating group) is 1. The number of aliphatic hydroxyl groups is 1. The maximum Gasteiger partial charge on any atom is 0.0819 e. The van der Waals surface area contributed by atoms with Crippen molar-refractivity contribution in [3.05, 3.63) is 0 Å². The molecule has 0 radical (unpaired) electrons. The molecule has 3 nitrogen and oxygen atoms in total. The number of nitrogens with one attached hydrogen (secondary N) is 1. The number of rotatable bonds is 1. The third kappa shape index (κ3) is 1.68. The van der Waals surface area contributed by atoms with Gasteiger partial charge in [-0.3, -0.25) is 0 Å². The van der Waals surface area contributed by atoms with Gasteiger partial charge in [0.25, 0.3) is 0 Å². The van der Waals surface area contributed by atoms with Crippen LogP contribution in [0, 0.1) is 0 Å². The van der Waals surface area contributed by atoms with Gasteiger partial charge in [0, 0.05) is 12.6 Å². The van der Waals surface area contributed by atoms with Crippen LogP contribution in [0.2, 0.25) is 0 Å². The zero-order chi connectivity index (χ0) is 7.56. The lowest BCUT2D eigenvalue weighted by Crippen LogP contribution is -2.50. The summed E-state index contributed by atoms with van der Waals surface area (Å²) in [5, 5.41) is 12.6. The van der Waals surface area contributed by atoms with Crippen molar-refractivity contribution in [1.82, 2.24) is 10.2 Å². The first-order chi connectivity index (χ1) is 4.72. The van der Waals surface area contributed by atoms with E-state index in [2.05, 4.69) is 10.2 Å². The number of aliphatic hydroxyl groups excluding tert-OH is 1. The van der Waals surface area contributed by atoms with E-state index in [-0.39, 0.29) is 6.10 Å². The number of hydrogen-bond acceptors (Lipinski definition) is 3. The number of hydrogen-bond donors (Lipinski definition) is 2. The molecule has 0 aliphatic carbocycles. The van der Waals surface area contributed by atoms with Gasteiger partial charge < -0.3 is 15.3 Å². The van der Waals surface area contributed by atoms with E-state index in [1.807, 2.05) is 14.1 Å². The molecule has 1 rings (SSSR count). The molecular formula is C7H16N2O. The Morgan fingerprint density at radius 3 is 2.60 bits per heavy atom. The summed E-state index contributed by atoms with van der Waals surface area (Å²) in [7, 11) is 4.03. The fourth-order valence-electron chi connectivity index (χ4n) is 1.43. The molecule has 1 aliphatic rings. The van der Waals surface area contributed by atoms with E-state index in [4.69, 9.17) is 0 Å². The van der Waals surface area contributed by atoms with Crippen LogP contribution in [0.15, 0.2) is 0 Å². The molecule has 0 aromatic carbocycles. The molecule has 0 aromatic heterocycles. The third-order valence-electron chi connectivity index (χ3n) is 2.08. The average molecular weight is 144 g/mol. The van der Waals surface area contributed by atoms with Gasteiger partial charge in [-0.15, -0.1) is 0 Å². The van der Waals surface area contributed by atoms with E-state index >= 15 is 0 Å². The third-order valence-corrected chi connectivity index (χ3v) is 2.08. The summed E-state index contributed by atoms with van der Waals surface area (Å²) in [5.74, 6) is 0. The highest BCUT2D eigenvalue weighted by atomic mass is 16.3.